The molecule has 5 N–H and O–H groups in total. The largest absolute Gasteiger partial charge is 0.394 e. The van der Waals surface area contributed by atoms with Crippen LogP contribution in [0.3, 0.4) is 0 Å². The highest BCUT2D eigenvalue weighted by molar-refractivity contribution is 5.89. The number of hydrogen-bond donors (Lipinski definition) is 4. The van der Waals surface area contributed by atoms with Gasteiger partial charge in [-0.3, -0.25) is 14.7 Å². The fourth-order valence-electron chi connectivity index (χ4n) is 4.48. The quantitative estimate of drug-likeness (QED) is 0.231. The predicted octanol–water partition coefficient (Wildman–Crippen LogP) is 4.72. The van der Waals surface area contributed by atoms with Gasteiger partial charge in [0.1, 0.15) is 5.52 Å². The van der Waals surface area contributed by atoms with Gasteiger partial charge in [-0.05, 0) is 56.5 Å². The first-order chi connectivity index (χ1) is 17.8. The summed E-state index contributed by atoms with van der Waals surface area (Å²) in [5, 5.41) is 13.4. The third kappa shape index (κ3) is 7.72. The van der Waals surface area contributed by atoms with Gasteiger partial charge in [0, 0.05) is 30.6 Å². The first-order valence-corrected chi connectivity index (χ1v) is 13.6. The van der Waals surface area contributed by atoms with Gasteiger partial charge in [0.15, 0.2) is 5.82 Å². The number of nitrogens with one attached hydrogen (secondary N) is 2. The molecule has 1 atom stereocenters. The summed E-state index contributed by atoms with van der Waals surface area (Å²) in [6, 6.07) is 3.54. The van der Waals surface area contributed by atoms with Crippen LogP contribution >= 0.6 is 0 Å². The molecule has 0 aliphatic heterocycles. The van der Waals surface area contributed by atoms with E-state index in [1.165, 1.54) is 0 Å². The van der Waals surface area contributed by atoms with E-state index < -0.39 is 5.54 Å². The standard InChI is InChI=1S/C28H43N7O2/c1-5-8-11-28(4,19-36)34-26-25-23(32-27(29)33-26)14-20(16-31-25)22-15-24(37)30-17-21(22)18-35(12-9-6-2)13-10-7-3/h14-17,36H,5-13,18-19H2,1-4H3,(H,30,37)(H3,29,32,33,34)/t28-/m1/s1. The normalized spacial score (nSPS) is 13.2. The molecule has 0 bridgehead atoms. The number of nitrogen functional groups attached to an aromatic ring is 1. The van der Waals surface area contributed by atoms with Crippen LogP contribution in [0.2, 0.25) is 0 Å². The number of fused-ring (bicyclic) bond motifs is 1. The third-order valence-corrected chi connectivity index (χ3v) is 6.78. The number of nitrogens with two attached hydrogens (primary N) is 1. The van der Waals surface area contributed by atoms with Crippen molar-refractivity contribution in [3.05, 3.63) is 40.4 Å². The fraction of sp³-hybridized carbons (Fsp3) is 0.571. The predicted molar refractivity (Wildman–Crippen MR) is 152 cm³/mol. The fourth-order valence-corrected chi connectivity index (χ4v) is 4.48. The van der Waals surface area contributed by atoms with Crippen molar-refractivity contribution in [3.8, 4) is 11.1 Å². The van der Waals surface area contributed by atoms with Crippen molar-refractivity contribution >= 4 is 22.8 Å². The molecular weight excluding hydrogens is 466 g/mol. The molecule has 0 aliphatic rings. The monoisotopic (exact) mass is 509 g/mol. The molecule has 9 nitrogen and oxygen atoms in total. The molecule has 37 heavy (non-hydrogen) atoms. The van der Waals surface area contributed by atoms with E-state index in [0.717, 1.165) is 81.3 Å². The van der Waals surface area contributed by atoms with Crippen LogP contribution in [0.5, 0.6) is 0 Å². The van der Waals surface area contributed by atoms with Crippen LogP contribution in [0.4, 0.5) is 11.8 Å². The molecule has 202 valence electrons. The second-order valence-corrected chi connectivity index (χ2v) is 10.2. The zero-order valence-electron chi connectivity index (χ0n) is 22.8. The van der Waals surface area contributed by atoms with Crippen LogP contribution in [-0.4, -0.2) is 55.2 Å². The minimum Gasteiger partial charge on any atom is -0.394 e. The molecule has 3 rings (SSSR count). The van der Waals surface area contributed by atoms with Crippen molar-refractivity contribution in [3.63, 3.8) is 0 Å². The Labute approximate surface area is 219 Å². The molecular formula is C28H43N7O2. The van der Waals surface area contributed by atoms with E-state index in [0.29, 0.717) is 16.9 Å². The Kier molecular flexibility index (Phi) is 10.4. The van der Waals surface area contributed by atoms with Gasteiger partial charge in [-0.1, -0.05) is 46.5 Å². The van der Waals surface area contributed by atoms with E-state index in [4.69, 9.17) is 10.7 Å². The lowest BCUT2D eigenvalue weighted by Crippen LogP contribution is -2.39. The number of aromatic nitrogens is 4. The molecule has 0 amide bonds. The SMILES string of the molecule is CCCCN(CCCC)Cc1c[nH]c(=O)cc1-c1cnc2c(N[C@@](C)(CO)CCCC)nc(N)nc2c1. The smallest absolute Gasteiger partial charge is 0.248 e. The summed E-state index contributed by atoms with van der Waals surface area (Å²) in [7, 11) is 0. The highest BCUT2D eigenvalue weighted by Gasteiger charge is 2.25. The molecule has 3 aromatic heterocycles. The van der Waals surface area contributed by atoms with Crippen LogP contribution < -0.4 is 16.6 Å². The molecule has 3 heterocycles. The molecule has 0 fully saturated rings. The Morgan fingerprint density at radius 1 is 1.08 bits per heavy atom. The third-order valence-electron chi connectivity index (χ3n) is 6.78. The zero-order valence-corrected chi connectivity index (χ0v) is 22.8. The van der Waals surface area contributed by atoms with Crippen molar-refractivity contribution in [1.82, 2.24) is 24.8 Å². The minimum atomic E-state index is -0.551. The summed E-state index contributed by atoms with van der Waals surface area (Å²) < 4.78 is 0. The first-order valence-electron chi connectivity index (χ1n) is 13.6. The van der Waals surface area contributed by atoms with Crippen LogP contribution in [0, 0.1) is 0 Å². The number of anilines is 2. The molecule has 0 saturated carbocycles. The lowest BCUT2D eigenvalue weighted by molar-refractivity contribution is 0.212. The van der Waals surface area contributed by atoms with Gasteiger partial charge in [0.2, 0.25) is 11.5 Å². The molecule has 0 radical (unpaired) electrons. The van der Waals surface area contributed by atoms with E-state index in [1.807, 2.05) is 19.2 Å². The molecule has 0 unspecified atom stereocenters. The number of aliphatic hydroxyl groups excluding tert-OH is 1. The summed E-state index contributed by atoms with van der Waals surface area (Å²) in [6.45, 7) is 11.2. The minimum absolute atomic E-state index is 0.0425. The maximum atomic E-state index is 12.3. The van der Waals surface area contributed by atoms with E-state index in [1.54, 1.807) is 12.3 Å². The van der Waals surface area contributed by atoms with E-state index in [-0.39, 0.29) is 18.1 Å². The Morgan fingerprint density at radius 3 is 2.43 bits per heavy atom. The number of unbranched alkanes of at least 4 members (excludes halogenated alkanes) is 3. The van der Waals surface area contributed by atoms with Gasteiger partial charge >= 0.3 is 0 Å². The van der Waals surface area contributed by atoms with Crippen molar-refractivity contribution in [2.75, 3.05) is 30.7 Å². The Balaban J connectivity index is 2.00. The number of pyridine rings is 2. The van der Waals surface area contributed by atoms with Crippen molar-refractivity contribution < 1.29 is 5.11 Å². The lowest BCUT2D eigenvalue weighted by atomic mass is 9.96. The Bertz CT molecular complexity index is 1200. The Morgan fingerprint density at radius 2 is 1.78 bits per heavy atom. The molecule has 3 aromatic rings. The summed E-state index contributed by atoms with van der Waals surface area (Å²) in [4.78, 5) is 31.2. The van der Waals surface area contributed by atoms with Gasteiger partial charge in [0.05, 0.1) is 17.7 Å². The summed E-state index contributed by atoms with van der Waals surface area (Å²) in [5.41, 5.74) is 9.21. The van der Waals surface area contributed by atoms with Gasteiger partial charge in [-0.25, -0.2) is 4.98 Å². The second kappa shape index (κ2) is 13.5. The van der Waals surface area contributed by atoms with Crippen LogP contribution in [0.1, 0.15) is 78.2 Å². The number of nitrogens with zero attached hydrogens (tertiary/aromatic N) is 4. The number of aliphatic hydroxyl groups is 1. The lowest BCUT2D eigenvalue weighted by Gasteiger charge is -2.29. The van der Waals surface area contributed by atoms with Crippen LogP contribution in [0.25, 0.3) is 22.2 Å². The molecule has 9 heteroatoms. The summed E-state index contributed by atoms with van der Waals surface area (Å²) in [5.74, 6) is 0.624. The summed E-state index contributed by atoms with van der Waals surface area (Å²) >= 11 is 0. The van der Waals surface area contributed by atoms with Crippen molar-refractivity contribution in [2.24, 2.45) is 0 Å². The van der Waals surface area contributed by atoms with Crippen molar-refractivity contribution in [2.45, 2.75) is 84.7 Å². The van der Waals surface area contributed by atoms with Gasteiger partial charge < -0.3 is 21.1 Å². The summed E-state index contributed by atoms with van der Waals surface area (Å²) in [6.07, 6.45) is 10.9. The topological polar surface area (TPSA) is 133 Å². The Hall–Kier alpha value is -3.04. The number of aromatic amines is 1. The zero-order chi connectivity index (χ0) is 26.8. The number of rotatable bonds is 15. The maximum absolute atomic E-state index is 12.3. The maximum Gasteiger partial charge on any atom is 0.248 e. The average molecular weight is 510 g/mol. The first kappa shape index (κ1) is 28.5. The van der Waals surface area contributed by atoms with Gasteiger partial charge in [-0.2, -0.15) is 4.98 Å². The molecule has 0 aliphatic carbocycles. The molecule has 0 saturated heterocycles. The van der Waals surface area contributed by atoms with Crippen LogP contribution in [0.15, 0.2) is 29.3 Å². The molecule has 0 spiro atoms. The number of H-pyrrole nitrogens is 1. The van der Waals surface area contributed by atoms with E-state index >= 15 is 0 Å². The van der Waals surface area contributed by atoms with Crippen molar-refractivity contribution in [1.29, 1.82) is 0 Å². The second-order valence-electron chi connectivity index (χ2n) is 10.2. The average Bonchev–Trinajstić information content (AvgIpc) is 2.89. The number of hydrogen-bond acceptors (Lipinski definition) is 8. The van der Waals surface area contributed by atoms with Gasteiger partial charge in [0.25, 0.3) is 0 Å². The van der Waals surface area contributed by atoms with Crippen LogP contribution in [-0.2, 0) is 6.54 Å². The molecule has 0 aromatic carbocycles. The highest BCUT2D eigenvalue weighted by atomic mass is 16.3. The highest BCUT2D eigenvalue weighted by Crippen LogP contribution is 2.29. The van der Waals surface area contributed by atoms with E-state index in [2.05, 4.69) is 45.9 Å². The van der Waals surface area contributed by atoms with Gasteiger partial charge in [-0.15, -0.1) is 0 Å². The van der Waals surface area contributed by atoms with E-state index in [9.17, 15) is 9.90 Å².